The van der Waals surface area contributed by atoms with Gasteiger partial charge in [-0.05, 0) is 52.0 Å². The smallest absolute Gasteiger partial charge is 0.0109 e. The van der Waals surface area contributed by atoms with Crippen molar-refractivity contribution in [1.82, 2.24) is 9.80 Å². The molecule has 1 fully saturated rings. The van der Waals surface area contributed by atoms with Crippen LogP contribution < -0.4 is 5.73 Å². The Bertz CT molecular complexity index is 196. The average Bonchev–Trinajstić information content (AvgIpc) is 2.66. The van der Waals surface area contributed by atoms with Gasteiger partial charge < -0.3 is 15.5 Å². The van der Waals surface area contributed by atoms with Crippen molar-refractivity contribution in [3.63, 3.8) is 0 Å². The Kier molecular flexibility index (Phi) is 10.4. The first-order valence-corrected chi connectivity index (χ1v) is 8.51. The van der Waals surface area contributed by atoms with Gasteiger partial charge in [0.25, 0.3) is 0 Å². The SMILES string of the molecule is CCCCCCCCN1CCCN(CCCN)CC1. The van der Waals surface area contributed by atoms with E-state index in [2.05, 4.69) is 16.7 Å². The van der Waals surface area contributed by atoms with Crippen molar-refractivity contribution in [2.24, 2.45) is 5.73 Å². The molecule has 1 heterocycles. The topological polar surface area (TPSA) is 32.5 Å². The maximum Gasteiger partial charge on any atom is 0.0109 e. The molecule has 1 aliphatic heterocycles. The van der Waals surface area contributed by atoms with Crippen molar-refractivity contribution in [2.75, 3.05) is 45.8 Å². The van der Waals surface area contributed by atoms with Gasteiger partial charge >= 0.3 is 0 Å². The van der Waals surface area contributed by atoms with E-state index in [9.17, 15) is 0 Å². The Morgan fingerprint density at radius 3 is 1.95 bits per heavy atom. The summed E-state index contributed by atoms with van der Waals surface area (Å²) in [5, 5.41) is 0. The van der Waals surface area contributed by atoms with Gasteiger partial charge in [0.2, 0.25) is 0 Å². The largest absolute Gasteiger partial charge is 0.330 e. The molecular weight excluding hydrogens is 234 g/mol. The summed E-state index contributed by atoms with van der Waals surface area (Å²) in [6, 6.07) is 0. The van der Waals surface area contributed by atoms with Gasteiger partial charge in [0.15, 0.2) is 0 Å². The van der Waals surface area contributed by atoms with Crippen LogP contribution in [0.3, 0.4) is 0 Å². The first-order valence-electron chi connectivity index (χ1n) is 8.51. The summed E-state index contributed by atoms with van der Waals surface area (Å²) in [4.78, 5) is 5.26. The molecule has 0 atom stereocenters. The molecule has 114 valence electrons. The summed E-state index contributed by atoms with van der Waals surface area (Å²) in [6.07, 6.45) is 10.9. The van der Waals surface area contributed by atoms with Gasteiger partial charge in [-0.25, -0.2) is 0 Å². The first kappa shape index (κ1) is 16.9. The highest BCUT2D eigenvalue weighted by atomic mass is 15.2. The van der Waals surface area contributed by atoms with Gasteiger partial charge in [-0.15, -0.1) is 0 Å². The second kappa shape index (κ2) is 11.7. The van der Waals surface area contributed by atoms with Crippen molar-refractivity contribution in [3.05, 3.63) is 0 Å². The molecule has 0 radical (unpaired) electrons. The number of hydrogen-bond acceptors (Lipinski definition) is 3. The third-order valence-corrected chi connectivity index (χ3v) is 4.19. The molecule has 2 N–H and O–H groups in total. The van der Waals surface area contributed by atoms with Crippen LogP contribution in [0.15, 0.2) is 0 Å². The molecule has 0 amide bonds. The van der Waals surface area contributed by atoms with Crippen LogP contribution in [0.4, 0.5) is 0 Å². The van der Waals surface area contributed by atoms with E-state index in [0.29, 0.717) is 0 Å². The molecule has 3 nitrogen and oxygen atoms in total. The number of nitrogens with two attached hydrogens (primary N) is 1. The molecule has 3 heteroatoms. The van der Waals surface area contributed by atoms with E-state index in [1.54, 1.807) is 0 Å². The number of rotatable bonds is 10. The minimum absolute atomic E-state index is 0.831. The molecule has 1 aliphatic rings. The maximum atomic E-state index is 5.59. The molecule has 1 rings (SSSR count). The summed E-state index contributed by atoms with van der Waals surface area (Å²) in [7, 11) is 0. The van der Waals surface area contributed by atoms with Crippen molar-refractivity contribution >= 4 is 0 Å². The summed E-state index contributed by atoms with van der Waals surface area (Å²) in [6.45, 7) is 10.7. The summed E-state index contributed by atoms with van der Waals surface area (Å²) >= 11 is 0. The molecular formula is C16H35N3. The lowest BCUT2D eigenvalue weighted by Gasteiger charge is -2.21. The van der Waals surface area contributed by atoms with Crippen LogP contribution in [0.5, 0.6) is 0 Å². The summed E-state index contributed by atoms with van der Waals surface area (Å²) < 4.78 is 0. The van der Waals surface area contributed by atoms with Crippen LogP contribution in [0.1, 0.15) is 58.3 Å². The number of nitrogens with zero attached hydrogens (tertiary/aromatic N) is 2. The lowest BCUT2D eigenvalue weighted by atomic mass is 10.1. The zero-order valence-corrected chi connectivity index (χ0v) is 13.1. The molecule has 0 spiro atoms. The fourth-order valence-corrected chi connectivity index (χ4v) is 2.90. The second-order valence-electron chi connectivity index (χ2n) is 5.95. The minimum atomic E-state index is 0.831. The number of hydrogen-bond donors (Lipinski definition) is 1. The Hall–Kier alpha value is -0.120. The summed E-state index contributed by atoms with van der Waals surface area (Å²) in [5.74, 6) is 0. The highest BCUT2D eigenvalue weighted by Gasteiger charge is 2.13. The van der Waals surface area contributed by atoms with E-state index in [4.69, 9.17) is 5.73 Å². The van der Waals surface area contributed by atoms with Gasteiger partial charge in [-0.2, -0.15) is 0 Å². The summed E-state index contributed by atoms with van der Waals surface area (Å²) in [5.41, 5.74) is 5.59. The van der Waals surface area contributed by atoms with Crippen LogP contribution in [0.2, 0.25) is 0 Å². The number of unbranched alkanes of at least 4 members (excludes halogenated alkanes) is 5. The van der Waals surface area contributed by atoms with Crippen molar-refractivity contribution < 1.29 is 0 Å². The van der Waals surface area contributed by atoms with E-state index in [1.807, 2.05) is 0 Å². The Balaban J connectivity index is 2.02. The van der Waals surface area contributed by atoms with E-state index in [-0.39, 0.29) is 0 Å². The van der Waals surface area contributed by atoms with E-state index in [0.717, 1.165) is 13.0 Å². The molecule has 19 heavy (non-hydrogen) atoms. The maximum absolute atomic E-state index is 5.59. The Labute approximate surface area is 120 Å². The molecule has 0 bridgehead atoms. The van der Waals surface area contributed by atoms with Gasteiger partial charge in [-0.3, -0.25) is 0 Å². The zero-order valence-electron chi connectivity index (χ0n) is 13.1. The predicted molar refractivity (Wildman–Crippen MR) is 84.5 cm³/mol. The fraction of sp³-hybridized carbons (Fsp3) is 1.00. The lowest BCUT2D eigenvalue weighted by molar-refractivity contribution is 0.252. The van der Waals surface area contributed by atoms with E-state index >= 15 is 0 Å². The van der Waals surface area contributed by atoms with Crippen LogP contribution in [0.25, 0.3) is 0 Å². The molecule has 0 aromatic heterocycles. The van der Waals surface area contributed by atoms with Crippen LogP contribution >= 0.6 is 0 Å². The van der Waals surface area contributed by atoms with Crippen LogP contribution in [0, 0.1) is 0 Å². The van der Waals surface area contributed by atoms with E-state index in [1.165, 1.54) is 84.2 Å². The first-order chi connectivity index (χ1) is 9.36. The average molecular weight is 269 g/mol. The third-order valence-electron chi connectivity index (χ3n) is 4.19. The van der Waals surface area contributed by atoms with Gasteiger partial charge in [0.1, 0.15) is 0 Å². The molecule has 0 unspecified atom stereocenters. The van der Waals surface area contributed by atoms with Gasteiger partial charge in [0, 0.05) is 13.1 Å². The molecule has 0 saturated carbocycles. The lowest BCUT2D eigenvalue weighted by Crippen LogP contribution is -2.32. The van der Waals surface area contributed by atoms with Gasteiger partial charge in [0.05, 0.1) is 0 Å². The highest BCUT2D eigenvalue weighted by Crippen LogP contribution is 2.08. The standard InChI is InChI=1S/C16H35N3/c1-2-3-4-5-6-7-11-18-13-9-14-19(16-15-18)12-8-10-17/h2-17H2,1H3. The monoisotopic (exact) mass is 269 g/mol. The van der Waals surface area contributed by atoms with E-state index < -0.39 is 0 Å². The van der Waals surface area contributed by atoms with Crippen LogP contribution in [-0.2, 0) is 0 Å². The van der Waals surface area contributed by atoms with Gasteiger partial charge in [-0.1, -0.05) is 39.0 Å². The van der Waals surface area contributed by atoms with Crippen molar-refractivity contribution in [1.29, 1.82) is 0 Å². The molecule has 1 saturated heterocycles. The highest BCUT2D eigenvalue weighted by molar-refractivity contribution is 4.69. The third kappa shape index (κ3) is 8.61. The second-order valence-corrected chi connectivity index (χ2v) is 5.95. The van der Waals surface area contributed by atoms with Crippen LogP contribution in [-0.4, -0.2) is 55.6 Å². The molecule has 0 aromatic rings. The molecule has 0 aromatic carbocycles. The Morgan fingerprint density at radius 1 is 0.737 bits per heavy atom. The van der Waals surface area contributed by atoms with Crippen molar-refractivity contribution in [2.45, 2.75) is 58.3 Å². The quantitative estimate of drug-likeness (QED) is 0.619. The Morgan fingerprint density at radius 2 is 1.32 bits per heavy atom. The molecule has 0 aliphatic carbocycles. The van der Waals surface area contributed by atoms with Crippen molar-refractivity contribution in [3.8, 4) is 0 Å². The normalized spacial score (nSPS) is 18.6. The predicted octanol–water partition coefficient (Wildman–Crippen LogP) is 2.70. The zero-order chi connectivity index (χ0) is 13.8. The fourth-order valence-electron chi connectivity index (χ4n) is 2.90. The minimum Gasteiger partial charge on any atom is -0.330 e.